The molecule has 0 radical (unpaired) electrons. The Morgan fingerprint density at radius 3 is 2.25 bits per heavy atom. The molecule has 1 heterocycles. The van der Waals surface area contributed by atoms with Gasteiger partial charge < -0.3 is 10.6 Å². The van der Waals surface area contributed by atoms with Gasteiger partial charge in [0.25, 0.3) is 5.91 Å². The Kier molecular flexibility index (Phi) is 3.70. The maximum Gasteiger partial charge on any atom is 0.257 e. The van der Waals surface area contributed by atoms with Crippen molar-refractivity contribution in [3.05, 3.63) is 41.1 Å². The molecule has 0 atom stereocenters. The van der Waals surface area contributed by atoms with Crippen molar-refractivity contribution in [2.24, 2.45) is 0 Å². The summed E-state index contributed by atoms with van der Waals surface area (Å²) < 4.78 is 0. The van der Waals surface area contributed by atoms with Crippen molar-refractivity contribution >= 4 is 11.9 Å². The van der Waals surface area contributed by atoms with Gasteiger partial charge in [0, 0.05) is 19.7 Å². The summed E-state index contributed by atoms with van der Waals surface area (Å²) in [5.74, 6) is 0.0476. The second kappa shape index (κ2) is 5.28. The summed E-state index contributed by atoms with van der Waals surface area (Å²) in [4.78, 5) is 22.2. The van der Waals surface area contributed by atoms with Gasteiger partial charge in [-0.15, -0.1) is 0 Å². The van der Waals surface area contributed by atoms with Gasteiger partial charge in [-0.2, -0.15) is 0 Å². The van der Waals surface area contributed by atoms with Crippen LogP contribution in [0.5, 0.6) is 0 Å². The van der Waals surface area contributed by atoms with Gasteiger partial charge in [-0.05, 0) is 13.8 Å². The van der Waals surface area contributed by atoms with Crippen molar-refractivity contribution in [1.82, 2.24) is 14.9 Å². The molecule has 5 nitrogen and oxygen atoms in total. The van der Waals surface area contributed by atoms with E-state index in [1.165, 1.54) is 4.90 Å². The Balaban J connectivity index is 2.67. The maximum absolute atomic E-state index is 12.3. The maximum atomic E-state index is 12.3. The first-order chi connectivity index (χ1) is 9.40. The number of hydrogen-bond donors (Lipinski definition) is 1. The van der Waals surface area contributed by atoms with E-state index in [2.05, 4.69) is 9.97 Å². The van der Waals surface area contributed by atoms with Crippen molar-refractivity contribution in [2.75, 3.05) is 19.8 Å². The van der Waals surface area contributed by atoms with Crippen LogP contribution in [0.1, 0.15) is 21.6 Å². The number of nitrogen functional groups attached to an aromatic ring is 1. The van der Waals surface area contributed by atoms with Gasteiger partial charge in [0.1, 0.15) is 0 Å². The Morgan fingerprint density at radius 1 is 1.10 bits per heavy atom. The van der Waals surface area contributed by atoms with Gasteiger partial charge in [-0.25, -0.2) is 9.97 Å². The molecule has 0 bridgehead atoms. The smallest absolute Gasteiger partial charge is 0.257 e. The van der Waals surface area contributed by atoms with Crippen LogP contribution in [-0.2, 0) is 0 Å². The highest BCUT2D eigenvalue weighted by atomic mass is 16.2. The van der Waals surface area contributed by atoms with Gasteiger partial charge in [0.15, 0.2) is 0 Å². The highest BCUT2D eigenvalue weighted by molar-refractivity contribution is 6.00. The fraction of sp³-hybridized carbons (Fsp3) is 0.267. The quantitative estimate of drug-likeness (QED) is 0.906. The third kappa shape index (κ3) is 2.61. The summed E-state index contributed by atoms with van der Waals surface area (Å²) in [6, 6.07) is 7.83. The number of amides is 1. The second-order valence-electron chi connectivity index (χ2n) is 4.96. The van der Waals surface area contributed by atoms with Crippen LogP contribution in [0.4, 0.5) is 5.95 Å². The molecule has 1 aromatic carbocycles. The minimum absolute atomic E-state index is 0.127. The highest BCUT2D eigenvalue weighted by Gasteiger charge is 2.20. The van der Waals surface area contributed by atoms with Crippen LogP contribution in [0.2, 0.25) is 0 Å². The first-order valence-electron chi connectivity index (χ1n) is 6.33. The molecule has 20 heavy (non-hydrogen) atoms. The second-order valence-corrected chi connectivity index (χ2v) is 4.96. The first-order valence-corrected chi connectivity index (χ1v) is 6.33. The Labute approximate surface area is 118 Å². The molecule has 104 valence electrons. The number of carbonyl (C=O) groups excluding carboxylic acids is 1. The summed E-state index contributed by atoms with van der Waals surface area (Å²) in [7, 11) is 3.41. The van der Waals surface area contributed by atoms with E-state index in [1.807, 2.05) is 31.2 Å². The van der Waals surface area contributed by atoms with Gasteiger partial charge in [0.2, 0.25) is 5.95 Å². The van der Waals surface area contributed by atoms with E-state index in [9.17, 15) is 4.79 Å². The molecular formula is C15H18N4O. The third-order valence-corrected chi connectivity index (χ3v) is 3.05. The van der Waals surface area contributed by atoms with E-state index in [4.69, 9.17) is 5.73 Å². The number of rotatable bonds is 2. The van der Waals surface area contributed by atoms with Gasteiger partial charge in [-0.1, -0.05) is 29.8 Å². The van der Waals surface area contributed by atoms with Gasteiger partial charge in [-0.3, -0.25) is 4.79 Å². The van der Waals surface area contributed by atoms with Crippen LogP contribution in [0.3, 0.4) is 0 Å². The minimum atomic E-state index is -0.127. The highest BCUT2D eigenvalue weighted by Crippen LogP contribution is 2.25. The molecule has 0 fully saturated rings. The van der Waals surface area contributed by atoms with E-state index < -0.39 is 0 Å². The van der Waals surface area contributed by atoms with Gasteiger partial charge >= 0.3 is 0 Å². The summed E-state index contributed by atoms with van der Waals surface area (Å²) in [6.45, 7) is 3.78. The van der Waals surface area contributed by atoms with Gasteiger partial charge in [0.05, 0.1) is 17.0 Å². The summed E-state index contributed by atoms with van der Waals surface area (Å²) in [5.41, 5.74) is 9.39. The zero-order valence-corrected chi connectivity index (χ0v) is 12.1. The molecule has 0 unspecified atom stereocenters. The molecule has 0 saturated carbocycles. The van der Waals surface area contributed by atoms with E-state index in [1.54, 1.807) is 21.0 Å². The van der Waals surface area contributed by atoms with Crippen LogP contribution in [0.15, 0.2) is 24.3 Å². The Morgan fingerprint density at radius 2 is 1.70 bits per heavy atom. The number of hydrogen-bond acceptors (Lipinski definition) is 4. The van der Waals surface area contributed by atoms with E-state index in [0.29, 0.717) is 17.0 Å². The number of anilines is 1. The topological polar surface area (TPSA) is 72.1 Å². The lowest BCUT2D eigenvalue weighted by Gasteiger charge is -2.16. The van der Waals surface area contributed by atoms with E-state index in [0.717, 1.165) is 11.1 Å². The number of nitrogens with zero attached hydrogens (tertiary/aromatic N) is 3. The largest absolute Gasteiger partial charge is 0.368 e. The van der Waals surface area contributed by atoms with E-state index in [-0.39, 0.29) is 11.9 Å². The predicted octanol–water partition coefficient (Wildman–Crippen LogP) is 2.04. The molecule has 1 amide bonds. The number of nitrogens with two attached hydrogens (primary N) is 1. The molecule has 5 heteroatoms. The molecule has 1 aromatic heterocycles. The average molecular weight is 270 g/mol. The minimum Gasteiger partial charge on any atom is -0.368 e. The van der Waals surface area contributed by atoms with Crippen LogP contribution in [0.25, 0.3) is 11.3 Å². The molecule has 0 aliphatic heterocycles. The van der Waals surface area contributed by atoms with Crippen molar-refractivity contribution in [3.8, 4) is 11.3 Å². The molecule has 2 aromatic rings. The van der Waals surface area contributed by atoms with Crippen molar-refractivity contribution in [3.63, 3.8) is 0 Å². The standard InChI is InChI=1S/C15H18N4O/c1-9-5-7-11(8-6-9)13-12(14(20)19(3)4)10(2)17-15(16)18-13/h5-8H,1-4H3,(H2,16,17,18). The lowest BCUT2D eigenvalue weighted by Crippen LogP contribution is -2.24. The molecule has 0 aliphatic carbocycles. The molecule has 0 saturated heterocycles. The average Bonchev–Trinajstić information content (AvgIpc) is 2.38. The van der Waals surface area contributed by atoms with Crippen LogP contribution in [0, 0.1) is 13.8 Å². The number of carbonyl (C=O) groups is 1. The molecule has 0 aliphatic rings. The summed E-state index contributed by atoms with van der Waals surface area (Å²) in [5, 5.41) is 0. The monoisotopic (exact) mass is 270 g/mol. The SMILES string of the molecule is Cc1ccc(-c2nc(N)nc(C)c2C(=O)N(C)C)cc1. The summed E-state index contributed by atoms with van der Waals surface area (Å²) >= 11 is 0. The molecule has 2 rings (SSSR count). The molecular weight excluding hydrogens is 252 g/mol. The molecule has 0 spiro atoms. The Bertz CT molecular complexity index is 648. The fourth-order valence-corrected chi connectivity index (χ4v) is 1.99. The van der Waals surface area contributed by atoms with E-state index >= 15 is 0 Å². The third-order valence-electron chi connectivity index (χ3n) is 3.05. The number of aryl methyl sites for hydroxylation is 2. The normalized spacial score (nSPS) is 10.4. The zero-order valence-electron chi connectivity index (χ0n) is 12.1. The lowest BCUT2D eigenvalue weighted by atomic mass is 10.0. The fourth-order valence-electron chi connectivity index (χ4n) is 1.99. The zero-order chi connectivity index (χ0) is 14.9. The van der Waals surface area contributed by atoms with Crippen LogP contribution < -0.4 is 5.73 Å². The lowest BCUT2D eigenvalue weighted by molar-refractivity contribution is 0.0827. The summed E-state index contributed by atoms with van der Waals surface area (Å²) in [6.07, 6.45) is 0. The number of aromatic nitrogens is 2. The van der Waals surface area contributed by atoms with Crippen molar-refractivity contribution in [2.45, 2.75) is 13.8 Å². The predicted molar refractivity (Wildman–Crippen MR) is 79.4 cm³/mol. The van der Waals surface area contributed by atoms with Crippen molar-refractivity contribution in [1.29, 1.82) is 0 Å². The number of benzene rings is 1. The molecule has 2 N–H and O–H groups in total. The first kappa shape index (κ1) is 14.0. The van der Waals surface area contributed by atoms with Crippen LogP contribution in [-0.4, -0.2) is 34.9 Å². The van der Waals surface area contributed by atoms with Crippen molar-refractivity contribution < 1.29 is 4.79 Å². The van der Waals surface area contributed by atoms with Crippen LogP contribution >= 0.6 is 0 Å². The Hall–Kier alpha value is -2.43.